The number of hydrogen-bond donors (Lipinski definition) is 2. The Bertz CT molecular complexity index is 2200. The van der Waals surface area contributed by atoms with Gasteiger partial charge in [-0.15, -0.1) is 0 Å². The lowest BCUT2D eigenvalue weighted by Crippen LogP contribution is -2.60. The Kier molecular flexibility index (Phi) is 11.1. The van der Waals surface area contributed by atoms with Crippen LogP contribution in [-0.4, -0.2) is 70.8 Å². The first-order valence-corrected chi connectivity index (χ1v) is 20.8. The molecule has 3 aromatic carbocycles. The van der Waals surface area contributed by atoms with Crippen molar-refractivity contribution in [3.8, 4) is 11.5 Å². The molecule has 0 aromatic heterocycles. The lowest BCUT2D eigenvalue weighted by atomic mass is 9.64. The fourth-order valence-electron chi connectivity index (χ4n) is 10.7. The number of aliphatic hydroxyl groups excluding tert-OH is 1. The molecular formula is C48H57F2NO8. The minimum atomic E-state index is -1.52. The molecular weight excluding hydrogens is 757 g/mol. The second-order valence-electron chi connectivity index (χ2n) is 18.4. The van der Waals surface area contributed by atoms with Crippen LogP contribution in [0.4, 0.5) is 8.78 Å². The minimum Gasteiger partial charge on any atom is -0.497 e. The van der Waals surface area contributed by atoms with E-state index in [1.54, 1.807) is 37.3 Å². The Labute approximate surface area is 345 Å². The highest BCUT2D eigenvalue weighted by molar-refractivity contribution is 6.10. The molecule has 1 amide bonds. The number of fused-ring (bicyclic) bond motifs is 10. The van der Waals surface area contributed by atoms with E-state index in [1.165, 1.54) is 6.07 Å². The average molecular weight is 814 g/mol. The van der Waals surface area contributed by atoms with Gasteiger partial charge in [0.25, 0.3) is 5.91 Å². The van der Waals surface area contributed by atoms with Gasteiger partial charge < -0.3 is 29.3 Å². The molecule has 316 valence electrons. The van der Waals surface area contributed by atoms with Crippen molar-refractivity contribution in [3.05, 3.63) is 106 Å². The Morgan fingerprint density at radius 3 is 2.34 bits per heavy atom. The third kappa shape index (κ3) is 6.95. The number of halogens is 2. The summed E-state index contributed by atoms with van der Waals surface area (Å²) in [5.74, 6) is -2.82. The van der Waals surface area contributed by atoms with Gasteiger partial charge >= 0.3 is 5.97 Å². The van der Waals surface area contributed by atoms with Crippen molar-refractivity contribution < 1.29 is 47.6 Å². The molecule has 4 aliphatic carbocycles. The van der Waals surface area contributed by atoms with Crippen molar-refractivity contribution in [3.63, 3.8) is 0 Å². The van der Waals surface area contributed by atoms with E-state index in [1.807, 2.05) is 52.8 Å². The number of amides is 1. The predicted molar refractivity (Wildman–Crippen MR) is 218 cm³/mol. The van der Waals surface area contributed by atoms with Gasteiger partial charge in [0.2, 0.25) is 0 Å². The summed E-state index contributed by atoms with van der Waals surface area (Å²) in [7, 11) is 3.10. The van der Waals surface area contributed by atoms with E-state index < -0.39 is 62.9 Å². The molecule has 8 rings (SSSR count). The number of ketones is 1. The van der Waals surface area contributed by atoms with Gasteiger partial charge in [0.1, 0.15) is 11.5 Å². The number of aliphatic hydroxyl groups is 2. The fraction of sp³-hybridized carbons (Fsp3) is 0.521. The van der Waals surface area contributed by atoms with Crippen LogP contribution in [0.15, 0.2) is 66.2 Å². The van der Waals surface area contributed by atoms with Crippen LogP contribution >= 0.6 is 0 Å². The van der Waals surface area contributed by atoms with E-state index in [-0.39, 0.29) is 31.0 Å². The van der Waals surface area contributed by atoms with Crippen LogP contribution in [0, 0.1) is 27.9 Å². The van der Waals surface area contributed by atoms with Gasteiger partial charge in [-0.25, -0.2) is 8.78 Å². The summed E-state index contributed by atoms with van der Waals surface area (Å²) in [4.78, 5) is 44.9. The van der Waals surface area contributed by atoms with Crippen molar-refractivity contribution in [2.24, 2.45) is 16.2 Å². The summed E-state index contributed by atoms with van der Waals surface area (Å²) >= 11 is 0. The van der Waals surface area contributed by atoms with Gasteiger partial charge in [-0.2, -0.15) is 0 Å². The van der Waals surface area contributed by atoms with Gasteiger partial charge in [0, 0.05) is 40.1 Å². The maximum absolute atomic E-state index is 15.4. The van der Waals surface area contributed by atoms with Crippen molar-refractivity contribution in [1.82, 2.24) is 4.90 Å². The molecule has 4 bridgehead atoms. The topological polar surface area (TPSA) is 123 Å². The smallest absolute Gasteiger partial charge is 0.313 e. The molecule has 2 saturated carbocycles. The van der Waals surface area contributed by atoms with Crippen LogP contribution < -0.4 is 9.47 Å². The first-order valence-electron chi connectivity index (χ1n) is 20.8. The molecule has 2 N–H and O–H groups in total. The molecule has 5 aliphatic rings. The molecule has 6 unspecified atom stereocenters. The van der Waals surface area contributed by atoms with Gasteiger partial charge in [-0.3, -0.25) is 14.4 Å². The zero-order valence-corrected chi connectivity index (χ0v) is 35.3. The van der Waals surface area contributed by atoms with E-state index >= 15 is 4.79 Å². The van der Waals surface area contributed by atoms with Gasteiger partial charge in [0.15, 0.2) is 23.0 Å². The van der Waals surface area contributed by atoms with E-state index in [2.05, 4.69) is 6.08 Å². The molecule has 6 atom stereocenters. The second-order valence-corrected chi connectivity index (χ2v) is 18.4. The summed E-state index contributed by atoms with van der Waals surface area (Å²) in [5, 5.41) is 24.4. The standard InChI is InChI=1S/C48H57F2NO8/c1-29-9-8-19-45(4)37(35-16-11-30(23-33(52)14-10-29)24-36(35)41(53)31-13-17-38(49)39(50)25-31)18-20-47(45,56)28-51(27-32-12-15-34(57-6)26-40(32)58-7)42(54)48-22-21-46(5,43(55)59-48)44(48,2)3/h9,11-13,15-17,24-26,33,37,52,56H,8,10,14,18-23,27-28H2,1-7H3. The lowest BCUT2D eigenvalue weighted by Gasteiger charge is -2.47. The Morgan fingerprint density at radius 2 is 1.68 bits per heavy atom. The number of hydrogen-bond acceptors (Lipinski definition) is 8. The number of rotatable bonds is 9. The number of benzene rings is 3. The van der Waals surface area contributed by atoms with Crippen molar-refractivity contribution in [2.45, 2.75) is 122 Å². The molecule has 1 aliphatic heterocycles. The van der Waals surface area contributed by atoms with Crippen LogP contribution in [0.3, 0.4) is 0 Å². The molecule has 9 nitrogen and oxygen atoms in total. The first-order chi connectivity index (χ1) is 27.8. The van der Waals surface area contributed by atoms with Gasteiger partial charge in [0.05, 0.1) is 37.9 Å². The van der Waals surface area contributed by atoms with E-state index in [4.69, 9.17) is 14.2 Å². The van der Waals surface area contributed by atoms with Crippen LogP contribution in [0.25, 0.3) is 0 Å². The molecule has 3 fully saturated rings. The monoisotopic (exact) mass is 813 g/mol. The maximum Gasteiger partial charge on any atom is 0.313 e. The van der Waals surface area contributed by atoms with Gasteiger partial charge in [-0.05, 0) is 125 Å². The largest absolute Gasteiger partial charge is 0.497 e. The number of allylic oxidation sites excluding steroid dienone is 2. The van der Waals surface area contributed by atoms with Crippen LogP contribution in [0.2, 0.25) is 0 Å². The highest BCUT2D eigenvalue weighted by Gasteiger charge is 2.76. The number of nitrogens with zero attached hydrogens (tertiary/aromatic N) is 1. The number of carbonyl (C=O) groups is 3. The number of methoxy groups -OCH3 is 2. The molecule has 1 heterocycles. The summed E-state index contributed by atoms with van der Waals surface area (Å²) in [5.41, 5.74) is -2.18. The van der Waals surface area contributed by atoms with Crippen LogP contribution in [0.5, 0.6) is 11.5 Å². The van der Waals surface area contributed by atoms with Crippen molar-refractivity contribution >= 4 is 17.7 Å². The van der Waals surface area contributed by atoms with Crippen LogP contribution in [0.1, 0.15) is 125 Å². The Hall–Kier alpha value is -4.61. The fourth-order valence-corrected chi connectivity index (χ4v) is 10.7. The third-order valence-electron chi connectivity index (χ3n) is 15.1. The quantitative estimate of drug-likeness (QED) is 0.126. The summed E-state index contributed by atoms with van der Waals surface area (Å²) < 4.78 is 46.0. The second kappa shape index (κ2) is 15.4. The molecule has 1 saturated heterocycles. The van der Waals surface area contributed by atoms with E-state index in [9.17, 15) is 28.6 Å². The van der Waals surface area contributed by atoms with Crippen molar-refractivity contribution in [2.75, 3.05) is 20.8 Å². The normalized spacial score (nSPS) is 29.9. The SMILES string of the molecule is COc1ccc(CN(CC2(O)CCC3c4ccc(cc4C(=O)c4ccc(F)c(F)c4)CC(O)CCC(C)=CCCC32C)C(=O)C23CCC(C)(C(=O)O2)C3(C)C)c(OC)c1. The minimum absolute atomic E-state index is 0.0146. The molecule has 3 aromatic rings. The summed E-state index contributed by atoms with van der Waals surface area (Å²) in [6, 6.07) is 14.0. The number of esters is 1. The van der Waals surface area contributed by atoms with Crippen molar-refractivity contribution in [1.29, 1.82) is 0 Å². The predicted octanol–water partition coefficient (Wildman–Crippen LogP) is 8.40. The van der Waals surface area contributed by atoms with E-state index in [0.717, 1.165) is 23.3 Å². The Balaban J connectivity index is 1.35. The maximum atomic E-state index is 15.4. The Morgan fingerprint density at radius 1 is 0.915 bits per heavy atom. The number of ether oxygens (including phenoxy) is 3. The highest BCUT2D eigenvalue weighted by Crippen LogP contribution is 2.66. The van der Waals surface area contributed by atoms with Gasteiger partial charge in [-0.1, -0.05) is 44.6 Å². The third-order valence-corrected chi connectivity index (χ3v) is 15.1. The highest BCUT2D eigenvalue weighted by atomic mass is 19.2. The lowest BCUT2D eigenvalue weighted by molar-refractivity contribution is -0.178. The number of carbonyl (C=O) groups excluding carboxylic acids is 3. The molecule has 0 radical (unpaired) electrons. The first kappa shape index (κ1) is 42.5. The average Bonchev–Trinajstić information content (AvgIpc) is 3.64. The molecule has 0 spiro atoms. The summed E-state index contributed by atoms with van der Waals surface area (Å²) in [6.45, 7) is 9.67. The zero-order valence-electron chi connectivity index (χ0n) is 35.3. The summed E-state index contributed by atoms with van der Waals surface area (Å²) in [6.07, 6.45) is 5.55. The van der Waals surface area contributed by atoms with Crippen LogP contribution in [-0.2, 0) is 27.3 Å². The van der Waals surface area contributed by atoms with E-state index in [0.29, 0.717) is 79.6 Å². The molecule has 11 heteroatoms. The zero-order chi connectivity index (χ0) is 42.7. The molecule has 59 heavy (non-hydrogen) atoms.